The van der Waals surface area contributed by atoms with E-state index in [2.05, 4.69) is 11.4 Å². The van der Waals surface area contributed by atoms with Crippen LogP contribution in [0.2, 0.25) is 0 Å². The fourth-order valence-electron chi connectivity index (χ4n) is 3.25. The summed E-state index contributed by atoms with van der Waals surface area (Å²) in [6.45, 7) is 3.84. The van der Waals surface area contributed by atoms with Crippen LogP contribution in [0.15, 0.2) is 42.5 Å². The van der Waals surface area contributed by atoms with Gasteiger partial charge in [0, 0.05) is 13.2 Å². The molecule has 0 saturated carbocycles. The van der Waals surface area contributed by atoms with Crippen molar-refractivity contribution in [3.63, 3.8) is 0 Å². The number of carbonyl (C=O) groups is 1. The third-order valence-electron chi connectivity index (χ3n) is 4.70. The van der Waals surface area contributed by atoms with Crippen molar-refractivity contribution >= 4 is 5.91 Å². The molecule has 0 spiro atoms. The van der Waals surface area contributed by atoms with Crippen LogP contribution in [0.3, 0.4) is 0 Å². The first kappa shape index (κ1) is 19.2. The lowest BCUT2D eigenvalue weighted by atomic mass is 10.1. The van der Waals surface area contributed by atoms with Crippen LogP contribution in [0, 0.1) is 6.92 Å². The van der Waals surface area contributed by atoms with Gasteiger partial charge in [0.2, 0.25) is 0 Å². The molecule has 1 aliphatic rings. The maximum absolute atomic E-state index is 12.6. The number of ether oxygens (including phenoxy) is 3. The molecule has 0 bridgehead atoms. The van der Waals surface area contributed by atoms with Gasteiger partial charge in [-0.3, -0.25) is 4.79 Å². The second-order valence-electron chi connectivity index (χ2n) is 6.76. The van der Waals surface area contributed by atoms with E-state index in [0.29, 0.717) is 30.9 Å². The Kier molecular flexibility index (Phi) is 6.71. The minimum absolute atomic E-state index is 0.120. The highest BCUT2D eigenvalue weighted by Crippen LogP contribution is 2.21. The minimum Gasteiger partial charge on any atom is -0.496 e. The molecule has 1 aliphatic heterocycles. The Morgan fingerprint density at radius 2 is 2.07 bits per heavy atom. The monoisotopic (exact) mass is 369 g/mol. The van der Waals surface area contributed by atoms with E-state index in [1.165, 1.54) is 5.56 Å². The summed E-state index contributed by atoms with van der Waals surface area (Å²) < 4.78 is 16.8. The van der Waals surface area contributed by atoms with Crippen molar-refractivity contribution in [3.8, 4) is 11.5 Å². The number of carbonyl (C=O) groups excluding carboxylic acids is 1. The highest BCUT2D eigenvalue weighted by atomic mass is 16.5. The van der Waals surface area contributed by atoms with E-state index in [4.69, 9.17) is 14.2 Å². The molecule has 1 fully saturated rings. The van der Waals surface area contributed by atoms with Crippen molar-refractivity contribution in [2.24, 2.45) is 0 Å². The predicted octanol–water partition coefficient (Wildman–Crippen LogP) is 3.53. The number of nitrogens with one attached hydrogen (secondary N) is 1. The molecule has 0 aliphatic carbocycles. The number of hydrogen-bond donors (Lipinski definition) is 1. The first-order valence-corrected chi connectivity index (χ1v) is 9.42. The Morgan fingerprint density at radius 3 is 2.85 bits per heavy atom. The number of hydrogen-bond acceptors (Lipinski definition) is 4. The normalized spacial score (nSPS) is 16.1. The van der Waals surface area contributed by atoms with Crippen molar-refractivity contribution in [2.45, 2.75) is 32.3 Å². The van der Waals surface area contributed by atoms with Gasteiger partial charge in [0.05, 0.1) is 18.8 Å². The summed E-state index contributed by atoms with van der Waals surface area (Å²) in [6, 6.07) is 13.4. The van der Waals surface area contributed by atoms with Crippen LogP contribution in [0.4, 0.5) is 0 Å². The van der Waals surface area contributed by atoms with Crippen molar-refractivity contribution in [3.05, 3.63) is 59.2 Å². The fourth-order valence-corrected chi connectivity index (χ4v) is 3.25. The van der Waals surface area contributed by atoms with E-state index in [1.54, 1.807) is 13.2 Å². The van der Waals surface area contributed by atoms with Crippen LogP contribution < -0.4 is 14.8 Å². The van der Waals surface area contributed by atoms with Crippen molar-refractivity contribution in [1.82, 2.24) is 5.32 Å². The van der Waals surface area contributed by atoms with Gasteiger partial charge in [0.1, 0.15) is 18.1 Å². The lowest BCUT2D eigenvalue weighted by molar-refractivity contribution is 0.0670. The lowest BCUT2D eigenvalue weighted by Crippen LogP contribution is -2.27. The minimum atomic E-state index is -0.135. The van der Waals surface area contributed by atoms with Crippen molar-refractivity contribution in [2.75, 3.05) is 26.9 Å². The average molecular weight is 369 g/mol. The van der Waals surface area contributed by atoms with E-state index in [1.807, 2.05) is 37.3 Å². The molecular weight excluding hydrogens is 342 g/mol. The van der Waals surface area contributed by atoms with Gasteiger partial charge >= 0.3 is 0 Å². The van der Waals surface area contributed by atoms with E-state index >= 15 is 0 Å². The zero-order valence-corrected chi connectivity index (χ0v) is 16.0. The zero-order valence-electron chi connectivity index (χ0n) is 16.0. The number of methoxy groups -OCH3 is 1. The predicted molar refractivity (Wildman–Crippen MR) is 105 cm³/mol. The Hall–Kier alpha value is -2.53. The smallest absolute Gasteiger partial charge is 0.255 e. The molecule has 5 nitrogen and oxygen atoms in total. The summed E-state index contributed by atoms with van der Waals surface area (Å²) in [4.78, 5) is 12.6. The third kappa shape index (κ3) is 5.23. The van der Waals surface area contributed by atoms with Gasteiger partial charge in [-0.15, -0.1) is 0 Å². The largest absolute Gasteiger partial charge is 0.496 e. The maximum Gasteiger partial charge on any atom is 0.255 e. The number of amides is 1. The van der Waals surface area contributed by atoms with Crippen molar-refractivity contribution in [1.29, 1.82) is 0 Å². The van der Waals surface area contributed by atoms with E-state index < -0.39 is 0 Å². The quantitative estimate of drug-likeness (QED) is 0.773. The topological polar surface area (TPSA) is 56.8 Å². The molecule has 144 valence electrons. The van der Waals surface area contributed by atoms with E-state index in [0.717, 1.165) is 30.8 Å². The molecular formula is C22H27NO4. The second-order valence-corrected chi connectivity index (χ2v) is 6.76. The first-order chi connectivity index (χ1) is 13.2. The molecule has 1 amide bonds. The molecule has 2 aromatic carbocycles. The second kappa shape index (κ2) is 9.42. The zero-order chi connectivity index (χ0) is 19.1. The molecule has 2 aromatic rings. The van der Waals surface area contributed by atoms with Crippen LogP contribution in [0.25, 0.3) is 0 Å². The number of aryl methyl sites for hydroxylation is 1. The van der Waals surface area contributed by atoms with Gasteiger partial charge in [0.25, 0.3) is 5.91 Å². The van der Waals surface area contributed by atoms with E-state index in [-0.39, 0.29) is 12.0 Å². The molecule has 3 rings (SSSR count). The summed E-state index contributed by atoms with van der Waals surface area (Å²) in [5.74, 6) is 1.30. The summed E-state index contributed by atoms with van der Waals surface area (Å²) >= 11 is 0. The van der Waals surface area contributed by atoms with Crippen LogP contribution in [0.1, 0.15) is 34.3 Å². The van der Waals surface area contributed by atoms with Gasteiger partial charge in [-0.05, 0) is 49.9 Å². The standard InChI is InChI=1S/C22H27NO4/c1-16-9-10-20(25-2)17(14-16)11-12-23-22(24)19-7-3-4-8-21(19)27-15-18-6-5-13-26-18/h3-4,7-10,14,18H,5-6,11-13,15H2,1-2H3,(H,23,24). The number of rotatable bonds is 8. The highest BCUT2D eigenvalue weighted by Gasteiger charge is 2.18. The lowest BCUT2D eigenvalue weighted by Gasteiger charge is -2.15. The summed E-state index contributed by atoms with van der Waals surface area (Å²) in [5, 5.41) is 2.98. The van der Waals surface area contributed by atoms with Gasteiger partial charge in [0.15, 0.2) is 0 Å². The van der Waals surface area contributed by atoms with Gasteiger partial charge in [-0.1, -0.05) is 29.8 Å². The summed E-state index contributed by atoms with van der Waals surface area (Å²) in [5.41, 5.74) is 2.80. The van der Waals surface area contributed by atoms with Crippen LogP contribution in [0.5, 0.6) is 11.5 Å². The Bertz CT molecular complexity index is 769. The number of para-hydroxylation sites is 1. The molecule has 1 atom stereocenters. The SMILES string of the molecule is COc1ccc(C)cc1CCNC(=O)c1ccccc1OCC1CCCO1. The van der Waals surface area contributed by atoms with Gasteiger partial charge in [-0.25, -0.2) is 0 Å². The number of benzene rings is 2. The van der Waals surface area contributed by atoms with E-state index in [9.17, 15) is 4.79 Å². The molecule has 1 heterocycles. The fraction of sp³-hybridized carbons (Fsp3) is 0.409. The first-order valence-electron chi connectivity index (χ1n) is 9.42. The van der Waals surface area contributed by atoms with Crippen LogP contribution in [-0.4, -0.2) is 38.9 Å². The van der Waals surface area contributed by atoms with Crippen molar-refractivity contribution < 1.29 is 19.0 Å². The third-order valence-corrected chi connectivity index (χ3v) is 4.70. The molecule has 1 saturated heterocycles. The van der Waals surface area contributed by atoms with Crippen LogP contribution in [-0.2, 0) is 11.2 Å². The Labute approximate surface area is 160 Å². The molecule has 27 heavy (non-hydrogen) atoms. The Morgan fingerprint density at radius 1 is 1.22 bits per heavy atom. The average Bonchev–Trinajstić information content (AvgIpc) is 3.20. The molecule has 0 radical (unpaired) electrons. The van der Waals surface area contributed by atoms with Crippen LogP contribution >= 0.6 is 0 Å². The molecule has 5 heteroatoms. The Balaban J connectivity index is 1.57. The molecule has 0 aromatic heterocycles. The van der Waals surface area contributed by atoms with Gasteiger partial charge in [-0.2, -0.15) is 0 Å². The van der Waals surface area contributed by atoms with Gasteiger partial charge < -0.3 is 19.5 Å². The summed E-state index contributed by atoms with van der Waals surface area (Å²) in [7, 11) is 1.66. The maximum atomic E-state index is 12.6. The molecule has 1 N–H and O–H groups in total. The molecule has 1 unspecified atom stereocenters. The summed E-state index contributed by atoms with van der Waals surface area (Å²) in [6.07, 6.45) is 2.90. The highest BCUT2D eigenvalue weighted by molar-refractivity contribution is 5.96.